The second-order valence-electron chi connectivity index (χ2n) is 6.74. The van der Waals surface area contributed by atoms with E-state index < -0.39 is 11.6 Å². The van der Waals surface area contributed by atoms with Gasteiger partial charge in [-0.3, -0.25) is 15.0 Å². The number of carbonyl (C=O) groups excluding carboxylic acids is 3. The summed E-state index contributed by atoms with van der Waals surface area (Å²) >= 11 is 0. The zero-order valence-corrected chi connectivity index (χ0v) is 13.0. The Kier molecular flexibility index (Phi) is 4.33. The number of quaternary nitrogens is 1. The molecule has 2 saturated heterocycles. The van der Waals surface area contributed by atoms with Crippen LogP contribution in [0.15, 0.2) is 0 Å². The van der Waals surface area contributed by atoms with E-state index in [0.717, 1.165) is 50.2 Å². The third kappa shape index (κ3) is 2.95. The third-order valence-electron chi connectivity index (χ3n) is 5.08. The second kappa shape index (κ2) is 6.24. The molecule has 7 heteroatoms. The minimum atomic E-state index is -0.777. The van der Waals surface area contributed by atoms with Crippen LogP contribution in [-0.4, -0.2) is 48.0 Å². The monoisotopic (exact) mass is 309 g/mol. The lowest BCUT2D eigenvalue weighted by Gasteiger charge is -2.30. The van der Waals surface area contributed by atoms with E-state index in [9.17, 15) is 14.4 Å². The Bertz CT molecular complexity index is 467. The van der Waals surface area contributed by atoms with Gasteiger partial charge in [-0.15, -0.1) is 0 Å². The molecule has 3 N–H and O–H groups in total. The molecule has 3 fully saturated rings. The lowest BCUT2D eigenvalue weighted by Crippen LogP contribution is -3.14. The number of piperidine rings is 1. The number of carbonyl (C=O) groups is 3. The molecule has 0 bridgehead atoms. The topological polar surface area (TPSA) is 82.9 Å². The van der Waals surface area contributed by atoms with E-state index in [1.807, 2.05) is 0 Å². The zero-order valence-electron chi connectivity index (χ0n) is 13.0. The van der Waals surface area contributed by atoms with Crippen molar-refractivity contribution in [3.8, 4) is 0 Å². The Labute approximate surface area is 130 Å². The molecule has 22 heavy (non-hydrogen) atoms. The standard InChI is InChI=1S/C15H24N4O3/c20-12(11-18-9-5-2-6-10-18)17-19-13(21)15(16-14(19)22)7-3-1-4-8-15/h1-11H2,(H,16,22)(H,17,20)/p+1. The van der Waals surface area contributed by atoms with Gasteiger partial charge in [0.15, 0.2) is 6.54 Å². The quantitative estimate of drug-likeness (QED) is 0.605. The number of nitrogens with one attached hydrogen (secondary N) is 3. The Balaban J connectivity index is 1.58. The number of amides is 4. The van der Waals surface area contributed by atoms with Crippen LogP contribution in [0.3, 0.4) is 0 Å². The Morgan fingerprint density at radius 2 is 1.73 bits per heavy atom. The van der Waals surface area contributed by atoms with Gasteiger partial charge in [-0.25, -0.2) is 4.79 Å². The molecule has 0 aromatic heterocycles. The Hall–Kier alpha value is -1.63. The maximum absolute atomic E-state index is 12.5. The smallest absolute Gasteiger partial charge is 0.327 e. The van der Waals surface area contributed by atoms with Gasteiger partial charge in [0.05, 0.1) is 13.1 Å². The van der Waals surface area contributed by atoms with Crippen LogP contribution in [0, 0.1) is 0 Å². The average Bonchev–Trinajstić information content (AvgIpc) is 2.73. The first-order valence-electron chi connectivity index (χ1n) is 8.40. The second-order valence-corrected chi connectivity index (χ2v) is 6.74. The van der Waals surface area contributed by atoms with E-state index in [2.05, 4.69) is 10.7 Å². The summed E-state index contributed by atoms with van der Waals surface area (Å²) in [5.74, 6) is -0.549. The Morgan fingerprint density at radius 3 is 2.41 bits per heavy atom. The van der Waals surface area contributed by atoms with Crippen LogP contribution in [0.5, 0.6) is 0 Å². The number of hydrogen-bond acceptors (Lipinski definition) is 3. The highest BCUT2D eigenvalue weighted by atomic mass is 16.2. The average molecular weight is 309 g/mol. The third-order valence-corrected chi connectivity index (χ3v) is 5.08. The van der Waals surface area contributed by atoms with Gasteiger partial charge in [0.1, 0.15) is 5.54 Å². The van der Waals surface area contributed by atoms with Gasteiger partial charge in [0.25, 0.3) is 11.8 Å². The molecule has 1 aliphatic carbocycles. The van der Waals surface area contributed by atoms with E-state index in [-0.39, 0.29) is 11.8 Å². The molecule has 122 valence electrons. The Morgan fingerprint density at radius 1 is 1.09 bits per heavy atom. The molecule has 3 aliphatic rings. The molecule has 0 unspecified atom stereocenters. The first-order valence-corrected chi connectivity index (χ1v) is 8.40. The molecule has 1 spiro atoms. The van der Waals surface area contributed by atoms with E-state index in [1.54, 1.807) is 0 Å². The first-order chi connectivity index (χ1) is 10.6. The molecular formula is C15H25N4O3+. The van der Waals surface area contributed by atoms with Crippen LogP contribution in [0.1, 0.15) is 51.4 Å². The normalized spacial score (nSPS) is 25.4. The number of imide groups is 1. The van der Waals surface area contributed by atoms with E-state index in [4.69, 9.17) is 0 Å². The summed E-state index contributed by atoms with van der Waals surface area (Å²) in [6.07, 6.45) is 7.79. The van der Waals surface area contributed by atoms with Gasteiger partial charge in [-0.1, -0.05) is 19.3 Å². The maximum Gasteiger partial charge on any atom is 0.344 e. The summed E-state index contributed by atoms with van der Waals surface area (Å²) in [6, 6.07) is -0.492. The molecule has 2 aliphatic heterocycles. The van der Waals surface area contributed by atoms with Crippen LogP contribution in [0.25, 0.3) is 0 Å². The van der Waals surface area contributed by atoms with E-state index in [1.165, 1.54) is 11.3 Å². The van der Waals surface area contributed by atoms with E-state index in [0.29, 0.717) is 19.4 Å². The molecule has 0 aromatic carbocycles. The molecule has 0 radical (unpaired) electrons. The SMILES string of the molecule is O=C(C[NH+]1CCCCC1)NN1C(=O)NC2(CCCCC2)C1=O. The first kappa shape index (κ1) is 15.3. The van der Waals surface area contributed by atoms with Crippen molar-refractivity contribution in [3.63, 3.8) is 0 Å². The van der Waals surface area contributed by atoms with E-state index >= 15 is 0 Å². The van der Waals surface area contributed by atoms with Crippen molar-refractivity contribution in [2.24, 2.45) is 0 Å². The predicted octanol–water partition coefficient (Wildman–Crippen LogP) is -0.659. The van der Waals surface area contributed by atoms with Crippen LogP contribution in [0.4, 0.5) is 4.79 Å². The van der Waals surface area contributed by atoms with Crippen molar-refractivity contribution in [1.29, 1.82) is 0 Å². The van der Waals surface area contributed by atoms with Crippen LogP contribution < -0.4 is 15.6 Å². The van der Waals surface area contributed by atoms with Crippen LogP contribution >= 0.6 is 0 Å². The number of rotatable bonds is 3. The maximum atomic E-state index is 12.5. The molecule has 0 aromatic rings. The summed E-state index contributed by atoms with van der Waals surface area (Å²) in [7, 11) is 0. The minimum absolute atomic E-state index is 0.256. The fourth-order valence-electron chi connectivity index (χ4n) is 3.84. The highest BCUT2D eigenvalue weighted by molar-refractivity contribution is 6.08. The number of urea groups is 1. The van der Waals surface area contributed by atoms with Crippen molar-refractivity contribution in [2.75, 3.05) is 19.6 Å². The number of likely N-dealkylation sites (tertiary alicyclic amines) is 1. The summed E-state index contributed by atoms with van der Waals surface area (Å²) in [5.41, 5.74) is 1.73. The number of hydrogen-bond donors (Lipinski definition) is 3. The summed E-state index contributed by atoms with van der Waals surface area (Å²) in [5, 5.41) is 3.69. The molecule has 2 heterocycles. The number of hydrazine groups is 1. The molecule has 7 nitrogen and oxygen atoms in total. The van der Waals surface area contributed by atoms with Crippen molar-refractivity contribution in [3.05, 3.63) is 0 Å². The van der Waals surface area contributed by atoms with Gasteiger partial charge < -0.3 is 10.2 Å². The van der Waals surface area contributed by atoms with Crippen molar-refractivity contribution < 1.29 is 19.3 Å². The van der Waals surface area contributed by atoms with Gasteiger partial charge in [0.2, 0.25) is 0 Å². The molecule has 4 amide bonds. The highest BCUT2D eigenvalue weighted by Crippen LogP contribution is 2.32. The summed E-state index contributed by atoms with van der Waals surface area (Å²) in [4.78, 5) is 37.9. The van der Waals surface area contributed by atoms with Gasteiger partial charge >= 0.3 is 6.03 Å². The predicted molar refractivity (Wildman–Crippen MR) is 78.8 cm³/mol. The summed E-state index contributed by atoms with van der Waals surface area (Å²) < 4.78 is 0. The summed E-state index contributed by atoms with van der Waals surface area (Å²) in [6.45, 7) is 2.29. The lowest BCUT2D eigenvalue weighted by atomic mass is 9.82. The van der Waals surface area contributed by atoms with Crippen molar-refractivity contribution in [1.82, 2.24) is 15.8 Å². The minimum Gasteiger partial charge on any atom is -0.327 e. The molecule has 0 atom stereocenters. The van der Waals surface area contributed by atoms with Gasteiger partial charge in [0, 0.05) is 0 Å². The lowest BCUT2D eigenvalue weighted by molar-refractivity contribution is -0.896. The zero-order chi connectivity index (χ0) is 15.6. The van der Waals surface area contributed by atoms with Crippen LogP contribution in [-0.2, 0) is 9.59 Å². The van der Waals surface area contributed by atoms with Gasteiger partial charge in [-0.05, 0) is 32.1 Å². The largest absolute Gasteiger partial charge is 0.344 e. The van der Waals surface area contributed by atoms with Crippen molar-refractivity contribution in [2.45, 2.75) is 56.9 Å². The molecule has 1 saturated carbocycles. The number of nitrogens with zero attached hydrogens (tertiary/aromatic N) is 1. The molecular weight excluding hydrogens is 284 g/mol. The fourth-order valence-corrected chi connectivity index (χ4v) is 3.84. The highest BCUT2D eigenvalue weighted by Gasteiger charge is 2.52. The molecule has 3 rings (SSSR count). The van der Waals surface area contributed by atoms with Crippen molar-refractivity contribution >= 4 is 17.8 Å². The fraction of sp³-hybridized carbons (Fsp3) is 0.800. The van der Waals surface area contributed by atoms with Gasteiger partial charge in [-0.2, -0.15) is 5.01 Å². The van der Waals surface area contributed by atoms with Crippen LogP contribution in [0.2, 0.25) is 0 Å².